The standard InChI is InChI=1S/C23H30N2O.ClH/c1-18-11-13-19(14-12-18)7-5-6-10-23(26)25-16-21(15-24)22(17-25)20-8-3-2-4-9-20;/h2-4,8-9,11-14,21-22H,5-7,10,15-17,24H2,1H3;1H/t21-,22+;/m1./s1. The highest BCUT2D eigenvalue weighted by Gasteiger charge is 2.34. The molecule has 0 aromatic heterocycles. The summed E-state index contributed by atoms with van der Waals surface area (Å²) in [6, 6.07) is 19.2. The molecule has 0 aliphatic carbocycles. The van der Waals surface area contributed by atoms with E-state index in [1.54, 1.807) is 0 Å². The number of hydrogen-bond donors (Lipinski definition) is 1. The molecule has 4 heteroatoms. The smallest absolute Gasteiger partial charge is 0.222 e. The van der Waals surface area contributed by atoms with E-state index in [1.807, 2.05) is 11.0 Å². The van der Waals surface area contributed by atoms with Crippen LogP contribution in [-0.2, 0) is 11.2 Å². The van der Waals surface area contributed by atoms with Crippen molar-refractivity contribution in [1.29, 1.82) is 0 Å². The Hall–Kier alpha value is -1.84. The van der Waals surface area contributed by atoms with Crippen LogP contribution in [-0.4, -0.2) is 30.4 Å². The van der Waals surface area contributed by atoms with Crippen LogP contribution >= 0.6 is 12.4 Å². The summed E-state index contributed by atoms with van der Waals surface area (Å²) < 4.78 is 0. The summed E-state index contributed by atoms with van der Waals surface area (Å²) >= 11 is 0. The Bertz CT molecular complexity index is 702. The molecule has 1 aliphatic rings. The van der Waals surface area contributed by atoms with E-state index in [0.717, 1.165) is 32.4 Å². The van der Waals surface area contributed by atoms with Crippen molar-refractivity contribution in [2.75, 3.05) is 19.6 Å². The highest BCUT2D eigenvalue weighted by Crippen LogP contribution is 2.32. The zero-order valence-corrected chi connectivity index (χ0v) is 17.0. The minimum atomic E-state index is 0. The molecule has 146 valence electrons. The molecule has 1 saturated heterocycles. The summed E-state index contributed by atoms with van der Waals surface area (Å²) in [6.07, 6.45) is 3.70. The molecule has 27 heavy (non-hydrogen) atoms. The van der Waals surface area contributed by atoms with Gasteiger partial charge in [-0.1, -0.05) is 60.2 Å². The average Bonchev–Trinajstić information content (AvgIpc) is 3.12. The molecule has 2 N–H and O–H groups in total. The van der Waals surface area contributed by atoms with Crippen molar-refractivity contribution >= 4 is 18.3 Å². The predicted octanol–water partition coefficient (Wildman–Crippen LogP) is 4.33. The molecule has 0 unspecified atom stereocenters. The predicted molar refractivity (Wildman–Crippen MR) is 114 cm³/mol. The molecule has 0 bridgehead atoms. The van der Waals surface area contributed by atoms with Crippen LogP contribution < -0.4 is 5.73 Å². The van der Waals surface area contributed by atoms with Crippen LogP contribution in [0.15, 0.2) is 54.6 Å². The van der Waals surface area contributed by atoms with E-state index in [-0.39, 0.29) is 18.3 Å². The van der Waals surface area contributed by atoms with E-state index < -0.39 is 0 Å². The lowest BCUT2D eigenvalue weighted by atomic mass is 9.89. The van der Waals surface area contributed by atoms with E-state index >= 15 is 0 Å². The molecular formula is C23H31ClN2O. The lowest BCUT2D eigenvalue weighted by Gasteiger charge is -2.17. The van der Waals surface area contributed by atoms with E-state index in [2.05, 4.69) is 55.5 Å². The average molecular weight is 387 g/mol. The zero-order valence-electron chi connectivity index (χ0n) is 16.1. The second-order valence-corrected chi connectivity index (χ2v) is 7.50. The summed E-state index contributed by atoms with van der Waals surface area (Å²) in [6.45, 7) is 4.35. The van der Waals surface area contributed by atoms with Crippen LogP contribution in [0.3, 0.4) is 0 Å². The van der Waals surface area contributed by atoms with Gasteiger partial charge in [-0.3, -0.25) is 4.79 Å². The van der Waals surface area contributed by atoms with Gasteiger partial charge in [-0.2, -0.15) is 0 Å². The summed E-state index contributed by atoms with van der Waals surface area (Å²) in [5.74, 6) is 1.03. The first-order valence-corrected chi connectivity index (χ1v) is 9.75. The number of unbranched alkanes of at least 4 members (excludes halogenated alkanes) is 1. The van der Waals surface area contributed by atoms with Crippen molar-refractivity contribution in [3.05, 3.63) is 71.3 Å². The van der Waals surface area contributed by atoms with Gasteiger partial charge in [0.2, 0.25) is 5.91 Å². The Morgan fingerprint density at radius 3 is 2.41 bits per heavy atom. The van der Waals surface area contributed by atoms with Gasteiger partial charge in [0.05, 0.1) is 0 Å². The molecule has 1 fully saturated rings. The number of likely N-dealkylation sites (tertiary alicyclic amines) is 1. The van der Waals surface area contributed by atoms with Crippen LogP contribution in [0.1, 0.15) is 41.9 Å². The Morgan fingerprint density at radius 2 is 1.74 bits per heavy atom. The van der Waals surface area contributed by atoms with Gasteiger partial charge in [0, 0.05) is 25.4 Å². The van der Waals surface area contributed by atoms with Crippen molar-refractivity contribution in [1.82, 2.24) is 4.90 Å². The summed E-state index contributed by atoms with van der Waals surface area (Å²) in [5, 5.41) is 0. The van der Waals surface area contributed by atoms with Crippen molar-refractivity contribution in [3.8, 4) is 0 Å². The number of benzene rings is 2. The topological polar surface area (TPSA) is 46.3 Å². The van der Waals surface area contributed by atoms with Crippen molar-refractivity contribution in [2.45, 2.75) is 38.5 Å². The Kier molecular flexibility index (Phi) is 8.33. The van der Waals surface area contributed by atoms with Crippen LogP contribution in [0.2, 0.25) is 0 Å². The van der Waals surface area contributed by atoms with Crippen molar-refractivity contribution in [2.24, 2.45) is 11.7 Å². The number of amides is 1. The summed E-state index contributed by atoms with van der Waals surface area (Å²) in [5.41, 5.74) is 9.94. The Morgan fingerprint density at radius 1 is 1.04 bits per heavy atom. The fourth-order valence-corrected chi connectivity index (χ4v) is 3.91. The molecule has 2 aromatic rings. The number of hydrogen-bond acceptors (Lipinski definition) is 2. The Balaban J connectivity index is 0.00000261. The van der Waals surface area contributed by atoms with Crippen molar-refractivity contribution in [3.63, 3.8) is 0 Å². The fraction of sp³-hybridized carbons (Fsp3) is 0.435. The first kappa shape index (κ1) is 21.5. The minimum Gasteiger partial charge on any atom is -0.342 e. The number of rotatable bonds is 7. The third-order valence-electron chi connectivity index (χ3n) is 5.55. The van der Waals surface area contributed by atoms with Crippen LogP contribution in [0.5, 0.6) is 0 Å². The maximum atomic E-state index is 12.6. The number of nitrogens with zero attached hydrogens (tertiary/aromatic N) is 1. The first-order valence-electron chi connectivity index (χ1n) is 9.75. The molecule has 2 aromatic carbocycles. The second-order valence-electron chi connectivity index (χ2n) is 7.50. The first-order chi connectivity index (χ1) is 12.7. The molecule has 1 amide bonds. The third-order valence-corrected chi connectivity index (χ3v) is 5.55. The van der Waals surface area contributed by atoms with E-state index in [9.17, 15) is 4.79 Å². The van der Waals surface area contributed by atoms with E-state index in [1.165, 1.54) is 16.7 Å². The summed E-state index contributed by atoms with van der Waals surface area (Å²) in [4.78, 5) is 14.7. The largest absolute Gasteiger partial charge is 0.342 e. The number of halogens is 1. The van der Waals surface area contributed by atoms with Crippen LogP contribution in [0.25, 0.3) is 0 Å². The van der Waals surface area contributed by atoms with Gasteiger partial charge in [0.25, 0.3) is 0 Å². The maximum absolute atomic E-state index is 12.6. The minimum absolute atomic E-state index is 0. The van der Waals surface area contributed by atoms with E-state index in [4.69, 9.17) is 5.73 Å². The second kappa shape index (κ2) is 10.5. The zero-order chi connectivity index (χ0) is 18.4. The molecular weight excluding hydrogens is 356 g/mol. The molecule has 3 rings (SSSR count). The maximum Gasteiger partial charge on any atom is 0.222 e. The number of carbonyl (C=O) groups excluding carboxylic acids is 1. The van der Waals surface area contributed by atoms with Crippen molar-refractivity contribution < 1.29 is 4.79 Å². The number of nitrogens with two attached hydrogens (primary N) is 1. The number of carbonyl (C=O) groups is 1. The summed E-state index contributed by atoms with van der Waals surface area (Å²) in [7, 11) is 0. The lowest BCUT2D eigenvalue weighted by Crippen LogP contribution is -2.29. The molecule has 1 heterocycles. The van der Waals surface area contributed by atoms with Gasteiger partial charge < -0.3 is 10.6 Å². The molecule has 3 nitrogen and oxygen atoms in total. The normalized spacial score (nSPS) is 19.0. The lowest BCUT2D eigenvalue weighted by molar-refractivity contribution is -0.130. The fourth-order valence-electron chi connectivity index (χ4n) is 3.91. The van der Waals surface area contributed by atoms with Gasteiger partial charge in [-0.05, 0) is 49.8 Å². The quantitative estimate of drug-likeness (QED) is 0.720. The number of aryl methyl sites for hydroxylation is 2. The van der Waals surface area contributed by atoms with Gasteiger partial charge in [0.15, 0.2) is 0 Å². The van der Waals surface area contributed by atoms with Gasteiger partial charge in [-0.15, -0.1) is 12.4 Å². The molecule has 0 spiro atoms. The molecule has 0 radical (unpaired) electrons. The third kappa shape index (κ3) is 5.82. The molecule has 0 saturated carbocycles. The van der Waals surface area contributed by atoms with Crippen LogP contribution in [0.4, 0.5) is 0 Å². The molecule has 2 atom stereocenters. The monoisotopic (exact) mass is 386 g/mol. The van der Waals surface area contributed by atoms with E-state index in [0.29, 0.717) is 24.8 Å². The molecule has 1 aliphatic heterocycles. The van der Waals surface area contributed by atoms with Gasteiger partial charge >= 0.3 is 0 Å². The SMILES string of the molecule is Cc1ccc(CCCCC(=O)N2C[C@@H](CN)[C@H](c3ccccc3)C2)cc1.Cl. The van der Waals surface area contributed by atoms with Gasteiger partial charge in [-0.25, -0.2) is 0 Å². The van der Waals surface area contributed by atoms with Gasteiger partial charge in [0.1, 0.15) is 0 Å². The highest BCUT2D eigenvalue weighted by atomic mass is 35.5. The highest BCUT2D eigenvalue weighted by molar-refractivity contribution is 5.85. The Labute approximate surface area is 169 Å². The van der Waals surface area contributed by atoms with Crippen LogP contribution in [0, 0.1) is 12.8 Å².